The number of benzene rings is 1. The molecule has 0 aliphatic carbocycles. The van der Waals surface area contributed by atoms with Gasteiger partial charge in [-0.15, -0.1) is 0 Å². The molecule has 2 aromatic rings. The van der Waals surface area contributed by atoms with Gasteiger partial charge in [0.1, 0.15) is 5.82 Å². The van der Waals surface area contributed by atoms with Crippen molar-refractivity contribution in [2.45, 2.75) is 20.3 Å². The van der Waals surface area contributed by atoms with Crippen LogP contribution in [0.4, 0.5) is 17.5 Å². The van der Waals surface area contributed by atoms with Crippen LogP contribution in [0.3, 0.4) is 0 Å². The highest BCUT2D eigenvalue weighted by Gasteiger charge is 2.02. The zero-order chi connectivity index (χ0) is 15.2. The van der Waals surface area contributed by atoms with E-state index >= 15 is 0 Å². The molecule has 0 aliphatic rings. The predicted octanol–water partition coefficient (Wildman–Crippen LogP) is 4.99. The van der Waals surface area contributed by atoms with Gasteiger partial charge in [0.2, 0.25) is 5.95 Å². The molecule has 0 bridgehead atoms. The highest BCUT2D eigenvalue weighted by molar-refractivity contribution is 6.35. The molecule has 0 radical (unpaired) electrons. The molecule has 2 rings (SSSR count). The molecule has 0 spiro atoms. The van der Waals surface area contributed by atoms with Crippen LogP contribution in [-0.2, 0) is 0 Å². The van der Waals surface area contributed by atoms with E-state index < -0.39 is 0 Å². The van der Waals surface area contributed by atoms with Crippen molar-refractivity contribution in [2.75, 3.05) is 17.2 Å². The van der Waals surface area contributed by atoms with Crippen LogP contribution in [0.5, 0.6) is 0 Å². The van der Waals surface area contributed by atoms with E-state index in [1.165, 1.54) is 0 Å². The Kier molecular flexibility index (Phi) is 5.65. The lowest BCUT2D eigenvalue weighted by Gasteiger charge is -2.10. The number of nitrogens with one attached hydrogen (secondary N) is 2. The van der Waals surface area contributed by atoms with Crippen molar-refractivity contribution in [1.82, 2.24) is 9.97 Å². The minimum Gasteiger partial charge on any atom is -0.354 e. The first-order chi connectivity index (χ1) is 10.0. The molecule has 0 unspecified atom stereocenters. The van der Waals surface area contributed by atoms with E-state index in [9.17, 15) is 0 Å². The summed E-state index contributed by atoms with van der Waals surface area (Å²) >= 11 is 12.0. The van der Waals surface area contributed by atoms with Crippen LogP contribution in [0.25, 0.3) is 0 Å². The Balaban J connectivity index is 2.03. The van der Waals surface area contributed by atoms with Gasteiger partial charge in [-0.3, -0.25) is 0 Å². The lowest BCUT2D eigenvalue weighted by Crippen LogP contribution is -2.08. The normalized spacial score (nSPS) is 10.7. The Bertz CT molecular complexity index is 582. The maximum absolute atomic E-state index is 5.98. The fourth-order valence-electron chi connectivity index (χ4n) is 1.76. The van der Waals surface area contributed by atoms with E-state index in [2.05, 4.69) is 34.4 Å². The van der Waals surface area contributed by atoms with Crippen molar-refractivity contribution in [2.24, 2.45) is 5.92 Å². The van der Waals surface area contributed by atoms with Gasteiger partial charge in [0.05, 0.1) is 0 Å². The first-order valence-electron chi connectivity index (χ1n) is 6.83. The highest BCUT2D eigenvalue weighted by atomic mass is 35.5. The first kappa shape index (κ1) is 15.9. The zero-order valence-corrected chi connectivity index (χ0v) is 13.5. The second kappa shape index (κ2) is 7.48. The number of halogens is 2. The predicted molar refractivity (Wildman–Crippen MR) is 89.7 cm³/mol. The minimum absolute atomic E-state index is 0.578. The molecule has 1 aromatic carbocycles. The summed E-state index contributed by atoms with van der Waals surface area (Å²) in [6.45, 7) is 5.22. The Labute approximate surface area is 134 Å². The fourth-order valence-corrected chi connectivity index (χ4v) is 2.29. The van der Waals surface area contributed by atoms with Gasteiger partial charge in [-0.25, -0.2) is 4.98 Å². The van der Waals surface area contributed by atoms with Crippen LogP contribution in [0, 0.1) is 5.92 Å². The van der Waals surface area contributed by atoms with Gasteiger partial charge >= 0.3 is 0 Å². The molecule has 0 saturated heterocycles. The van der Waals surface area contributed by atoms with Gasteiger partial charge in [-0.05, 0) is 36.6 Å². The van der Waals surface area contributed by atoms with E-state index in [0.29, 0.717) is 27.7 Å². The third-order valence-corrected chi connectivity index (χ3v) is 3.23. The zero-order valence-electron chi connectivity index (χ0n) is 12.0. The Morgan fingerprint density at radius 3 is 2.52 bits per heavy atom. The highest BCUT2D eigenvalue weighted by Crippen LogP contribution is 2.24. The molecule has 1 heterocycles. The fraction of sp³-hybridized carbons (Fsp3) is 0.333. The molecule has 4 nitrogen and oxygen atoms in total. The Hall–Kier alpha value is -1.52. The Morgan fingerprint density at radius 1 is 1.14 bits per heavy atom. The van der Waals surface area contributed by atoms with Crippen LogP contribution < -0.4 is 10.6 Å². The number of rotatable bonds is 6. The van der Waals surface area contributed by atoms with E-state index in [0.717, 1.165) is 18.7 Å². The lowest BCUT2D eigenvalue weighted by atomic mass is 10.1. The molecule has 112 valence electrons. The summed E-state index contributed by atoms with van der Waals surface area (Å²) < 4.78 is 0. The van der Waals surface area contributed by atoms with Crippen molar-refractivity contribution in [1.29, 1.82) is 0 Å². The van der Waals surface area contributed by atoms with Crippen LogP contribution in [0.1, 0.15) is 20.3 Å². The first-order valence-corrected chi connectivity index (χ1v) is 7.58. The van der Waals surface area contributed by atoms with Crippen LogP contribution in [0.2, 0.25) is 10.0 Å². The number of anilines is 3. The molecule has 0 fully saturated rings. The van der Waals surface area contributed by atoms with E-state index in [-0.39, 0.29) is 0 Å². The van der Waals surface area contributed by atoms with Crippen molar-refractivity contribution in [3.05, 3.63) is 40.5 Å². The van der Waals surface area contributed by atoms with Crippen LogP contribution in [0.15, 0.2) is 30.5 Å². The number of aromatic nitrogens is 2. The van der Waals surface area contributed by atoms with E-state index in [1.54, 1.807) is 30.5 Å². The van der Waals surface area contributed by atoms with Crippen molar-refractivity contribution >= 4 is 40.7 Å². The second-order valence-electron chi connectivity index (χ2n) is 5.16. The minimum atomic E-state index is 0.578. The summed E-state index contributed by atoms with van der Waals surface area (Å²) in [5, 5.41) is 7.53. The van der Waals surface area contributed by atoms with Crippen molar-refractivity contribution in [3.8, 4) is 0 Å². The van der Waals surface area contributed by atoms with Gasteiger partial charge in [0.25, 0.3) is 0 Å². The quantitative estimate of drug-likeness (QED) is 0.786. The molecule has 0 atom stereocenters. The summed E-state index contributed by atoms with van der Waals surface area (Å²) in [7, 11) is 0. The van der Waals surface area contributed by atoms with Crippen molar-refractivity contribution < 1.29 is 0 Å². The van der Waals surface area contributed by atoms with Crippen LogP contribution >= 0.6 is 23.2 Å². The average Bonchev–Trinajstić information content (AvgIpc) is 2.37. The maximum atomic E-state index is 5.98. The molecule has 1 aromatic heterocycles. The smallest absolute Gasteiger partial charge is 0.224 e. The van der Waals surface area contributed by atoms with Crippen molar-refractivity contribution in [3.63, 3.8) is 0 Å². The van der Waals surface area contributed by atoms with Gasteiger partial charge in [0, 0.05) is 28.5 Å². The lowest BCUT2D eigenvalue weighted by molar-refractivity contribution is 0.606. The molecule has 0 aliphatic heterocycles. The molecule has 0 saturated carbocycles. The molecular formula is C15H18Cl2N4. The van der Waals surface area contributed by atoms with E-state index in [1.807, 2.05) is 0 Å². The summed E-state index contributed by atoms with van der Waals surface area (Å²) in [5.74, 6) is 1.94. The standard InChI is InChI=1S/C15H18Cl2N4/c1-10(2)3-5-18-15-19-6-4-14(21-15)20-13-8-11(16)7-12(17)9-13/h4,6-10H,3,5H2,1-2H3,(H2,18,19,20,21). The third kappa shape index (κ3) is 5.40. The Morgan fingerprint density at radius 2 is 1.86 bits per heavy atom. The molecule has 6 heteroatoms. The number of hydrogen-bond donors (Lipinski definition) is 2. The monoisotopic (exact) mass is 324 g/mol. The molecule has 2 N–H and O–H groups in total. The summed E-state index contributed by atoms with van der Waals surface area (Å²) in [5.41, 5.74) is 0.791. The molecule has 0 amide bonds. The topological polar surface area (TPSA) is 49.8 Å². The SMILES string of the molecule is CC(C)CCNc1nccc(Nc2cc(Cl)cc(Cl)c2)n1. The summed E-state index contributed by atoms with van der Waals surface area (Å²) in [6.07, 6.45) is 2.78. The van der Waals surface area contributed by atoms with E-state index in [4.69, 9.17) is 23.2 Å². The summed E-state index contributed by atoms with van der Waals surface area (Å²) in [4.78, 5) is 8.60. The second-order valence-corrected chi connectivity index (χ2v) is 6.03. The number of nitrogens with zero attached hydrogens (tertiary/aromatic N) is 2. The summed E-state index contributed by atoms with van der Waals surface area (Å²) in [6, 6.07) is 7.07. The van der Waals surface area contributed by atoms with Crippen LogP contribution in [-0.4, -0.2) is 16.5 Å². The molecule has 21 heavy (non-hydrogen) atoms. The van der Waals surface area contributed by atoms with Gasteiger partial charge in [-0.2, -0.15) is 4.98 Å². The maximum Gasteiger partial charge on any atom is 0.224 e. The largest absolute Gasteiger partial charge is 0.354 e. The van der Waals surface area contributed by atoms with Gasteiger partial charge in [-0.1, -0.05) is 37.0 Å². The average molecular weight is 325 g/mol. The number of hydrogen-bond acceptors (Lipinski definition) is 4. The molecular weight excluding hydrogens is 307 g/mol. The van der Waals surface area contributed by atoms with Gasteiger partial charge < -0.3 is 10.6 Å². The van der Waals surface area contributed by atoms with Gasteiger partial charge in [0.15, 0.2) is 0 Å². The third-order valence-electron chi connectivity index (χ3n) is 2.80.